The van der Waals surface area contributed by atoms with Crippen LogP contribution in [0.25, 0.3) is 10.9 Å². The Hall–Kier alpha value is -3.46. The fraction of sp³-hybridized carbons (Fsp3) is 0.571. The number of nitrogens with one attached hydrogen (secondary N) is 1. The molecule has 3 aromatic rings. The molecule has 44 heavy (non-hydrogen) atoms. The molecule has 2 bridgehead atoms. The quantitative estimate of drug-likeness (QED) is 0.304. The van der Waals surface area contributed by atoms with Crippen LogP contribution in [0.1, 0.15) is 53.0 Å². The van der Waals surface area contributed by atoms with Gasteiger partial charge in [0, 0.05) is 50.5 Å². The van der Waals surface area contributed by atoms with Crippen LogP contribution in [0.4, 0.5) is 10.1 Å². The largest absolute Gasteiger partial charge is 0.497 e. The van der Waals surface area contributed by atoms with E-state index in [1.807, 2.05) is 18.2 Å². The minimum Gasteiger partial charge on any atom is -0.497 e. The third-order valence-electron chi connectivity index (χ3n) is 10.8. The second-order valence-corrected chi connectivity index (χ2v) is 14.0. The molecule has 3 saturated carbocycles. The molecule has 0 unspecified atom stereocenters. The molecular formula is C35H47FN6O2. The Balaban J connectivity index is 1.27. The second kappa shape index (κ2) is 11.8. The van der Waals surface area contributed by atoms with Crippen molar-refractivity contribution in [3.05, 3.63) is 64.5 Å². The molecule has 6 atom stereocenters. The van der Waals surface area contributed by atoms with Crippen molar-refractivity contribution < 1.29 is 9.13 Å². The summed E-state index contributed by atoms with van der Waals surface area (Å²) in [5.41, 5.74) is 2.41. The fourth-order valence-electron chi connectivity index (χ4n) is 8.04. The number of halogens is 1. The molecule has 4 fully saturated rings. The Morgan fingerprint density at radius 2 is 1.89 bits per heavy atom. The zero-order valence-corrected chi connectivity index (χ0v) is 27.2. The van der Waals surface area contributed by atoms with Crippen LogP contribution in [0, 0.1) is 29.0 Å². The molecule has 2 heterocycles. The van der Waals surface area contributed by atoms with Crippen LogP contribution < -0.4 is 20.5 Å². The molecular weight excluding hydrogens is 555 g/mol. The third-order valence-corrected chi connectivity index (χ3v) is 10.8. The van der Waals surface area contributed by atoms with Gasteiger partial charge in [-0.25, -0.2) is 14.4 Å². The highest BCUT2D eigenvalue weighted by Gasteiger charge is 2.56. The highest BCUT2D eigenvalue weighted by molar-refractivity contribution is 5.97. The molecule has 2 aromatic carbocycles. The number of methoxy groups -OCH3 is 1. The summed E-state index contributed by atoms with van der Waals surface area (Å²) in [5.74, 6) is 3.12. The number of ether oxygens (including phenoxy) is 1. The van der Waals surface area contributed by atoms with Crippen LogP contribution in [0.5, 0.6) is 5.75 Å². The minimum atomic E-state index is -0.340. The van der Waals surface area contributed by atoms with Crippen LogP contribution >= 0.6 is 0 Å². The summed E-state index contributed by atoms with van der Waals surface area (Å²) in [7, 11) is 3.59. The number of rotatable bonds is 6. The van der Waals surface area contributed by atoms with Crippen LogP contribution in [0.15, 0.2) is 52.5 Å². The first-order chi connectivity index (χ1) is 21.0. The number of hydrogen-bond donors (Lipinski definition) is 1. The molecule has 0 amide bonds. The molecule has 1 aliphatic heterocycles. The van der Waals surface area contributed by atoms with Gasteiger partial charge in [-0.05, 0) is 86.1 Å². The van der Waals surface area contributed by atoms with Gasteiger partial charge in [0.2, 0.25) is 5.96 Å². The number of hydrogen-bond acceptors (Lipinski definition) is 5. The summed E-state index contributed by atoms with van der Waals surface area (Å²) in [6, 6.07) is 11.7. The van der Waals surface area contributed by atoms with Gasteiger partial charge in [0.15, 0.2) is 0 Å². The number of aliphatic imine (C=N–C) groups is 1. The number of aromatic nitrogens is 2. The smallest absolute Gasteiger partial charge is 0.261 e. The topological polar surface area (TPSA) is 75.0 Å². The maximum atomic E-state index is 14.5. The van der Waals surface area contributed by atoms with Gasteiger partial charge in [0.25, 0.3) is 5.56 Å². The van der Waals surface area contributed by atoms with Crippen molar-refractivity contribution in [3.8, 4) is 5.75 Å². The van der Waals surface area contributed by atoms with Gasteiger partial charge in [0.1, 0.15) is 11.6 Å². The Kier molecular flexibility index (Phi) is 8.20. The summed E-state index contributed by atoms with van der Waals surface area (Å²) in [5, 5.41) is 4.20. The molecule has 9 heteroatoms. The van der Waals surface area contributed by atoms with Crippen molar-refractivity contribution >= 4 is 22.5 Å². The van der Waals surface area contributed by atoms with Gasteiger partial charge in [-0.2, -0.15) is 0 Å². The van der Waals surface area contributed by atoms with E-state index in [-0.39, 0.29) is 11.4 Å². The summed E-state index contributed by atoms with van der Waals surface area (Å²) >= 11 is 0. The average Bonchev–Trinajstić information content (AvgIpc) is 2.99. The zero-order chi connectivity index (χ0) is 31.3. The van der Waals surface area contributed by atoms with Crippen molar-refractivity contribution in [2.75, 3.05) is 32.1 Å². The average molecular weight is 603 g/mol. The van der Waals surface area contributed by atoms with E-state index in [0.29, 0.717) is 64.6 Å². The molecule has 1 saturated heterocycles. The van der Waals surface area contributed by atoms with Gasteiger partial charge in [0.05, 0.1) is 30.4 Å². The molecule has 236 valence electrons. The first-order valence-corrected chi connectivity index (χ1v) is 16.1. The van der Waals surface area contributed by atoms with E-state index in [0.717, 1.165) is 43.0 Å². The van der Waals surface area contributed by atoms with Crippen LogP contribution in [-0.2, 0) is 13.0 Å². The summed E-state index contributed by atoms with van der Waals surface area (Å²) in [4.78, 5) is 28.2. The summed E-state index contributed by atoms with van der Waals surface area (Å²) in [6.07, 6.45) is 4.42. The van der Waals surface area contributed by atoms with Gasteiger partial charge in [-0.1, -0.05) is 26.8 Å². The third kappa shape index (κ3) is 5.59. The first kappa shape index (κ1) is 30.6. The van der Waals surface area contributed by atoms with E-state index >= 15 is 0 Å². The predicted octanol–water partition coefficient (Wildman–Crippen LogP) is 5.33. The highest BCUT2D eigenvalue weighted by Crippen LogP contribution is 2.61. The maximum absolute atomic E-state index is 14.5. The Morgan fingerprint density at radius 3 is 2.55 bits per heavy atom. The lowest BCUT2D eigenvalue weighted by molar-refractivity contribution is -0.108. The lowest BCUT2D eigenvalue weighted by atomic mass is 9.45. The minimum absolute atomic E-state index is 0.130. The van der Waals surface area contributed by atoms with E-state index in [9.17, 15) is 9.18 Å². The van der Waals surface area contributed by atoms with E-state index in [1.54, 1.807) is 23.0 Å². The molecule has 4 aliphatic rings. The van der Waals surface area contributed by atoms with Crippen LogP contribution in [0.2, 0.25) is 0 Å². The van der Waals surface area contributed by atoms with Crippen molar-refractivity contribution in [1.82, 2.24) is 19.8 Å². The number of fused-ring (bicyclic) bond motifs is 3. The van der Waals surface area contributed by atoms with Crippen molar-refractivity contribution in [2.45, 2.75) is 78.6 Å². The standard InChI is InChI=1S/C35H47FN6O2/c1-21-18-42(19-22(2)38-21)34(39-31-15-25-14-29(23(31)3)35(25,4)5)40(6)26-9-11-28-32(16-26)37-20-41(33(28)43)13-12-24-8-10-27(44-7)17-30(24)36/h8-11,16-17,20-23,25,29,31,38H,12-15,18-19H2,1-7H3/t21-,22-,23-,25+,29-,31-/m0/s1. The summed E-state index contributed by atoms with van der Waals surface area (Å²) < 4.78 is 21.1. The molecule has 8 nitrogen and oxygen atoms in total. The Labute approximate surface area is 260 Å². The lowest BCUT2D eigenvalue weighted by Gasteiger charge is -2.61. The number of piperazine rings is 1. The fourth-order valence-corrected chi connectivity index (χ4v) is 8.04. The van der Waals surface area contributed by atoms with Gasteiger partial charge >= 0.3 is 0 Å². The van der Waals surface area contributed by atoms with Crippen LogP contribution in [-0.4, -0.2) is 65.8 Å². The lowest BCUT2D eigenvalue weighted by Crippen LogP contribution is -2.60. The van der Waals surface area contributed by atoms with E-state index < -0.39 is 0 Å². The monoisotopic (exact) mass is 602 g/mol. The maximum Gasteiger partial charge on any atom is 0.261 e. The molecule has 1 N–H and O–H groups in total. The van der Waals surface area contributed by atoms with Crippen molar-refractivity contribution in [1.29, 1.82) is 0 Å². The van der Waals surface area contributed by atoms with Crippen molar-refractivity contribution in [2.24, 2.45) is 28.2 Å². The molecule has 7 rings (SSSR count). The number of aryl methyl sites for hydroxylation is 2. The van der Waals surface area contributed by atoms with E-state index in [2.05, 4.69) is 61.8 Å². The van der Waals surface area contributed by atoms with Crippen LogP contribution in [0.3, 0.4) is 0 Å². The first-order valence-electron chi connectivity index (χ1n) is 16.1. The molecule has 3 aliphatic carbocycles. The van der Waals surface area contributed by atoms with E-state index in [1.165, 1.54) is 19.6 Å². The van der Waals surface area contributed by atoms with Gasteiger partial charge in [-0.15, -0.1) is 0 Å². The normalized spacial score (nSPS) is 28.1. The van der Waals surface area contributed by atoms with E-state index in [4.69, 9.17) is 9.73 Å². The zero-order valence-electron chi connectivity index (χ0n) is 27.2. The van der Waals surface area contributed by atoms with Gasteiger partial charge < -0.3 is 19.9 Å². The highest BCUT2D eigenvalue weighted by atomic mass is 19.1. The second-order valence-electron chi connectivity index (χ2n) is 14.0. The SMILES string of the molecule is COc1ccc(CCn2cnc3cc(N(C)C(=N[C@H]4C[C@H]5C[C@@H]([C@@H]4C)C5(C)C)N4C[C@H](C)N[C@@H](C)C4)ccc3c2=O)c(F)c1. The number of anilines is 1. The Bertz CT molecular complexity index is 1610. The predicted molar refractivity (Wildman–Crippen MR) is 175 cm³/mol. The molecule has 0 radical (unpaired) electrons. The Morgan fingerprint density at radius 1 is 1.14 bits per heavy atom. The number of guanidine groups is 1. The number of nitrogens with zero attached hydrogens (tertiary/aromatic N) is 5. The number of benzene rings is 2. The van der Waals surface area contributed by atoms with Crippen molar-refractivity contribution in [3.63, 3.8) is 0 Å². The van der Waals surface area contributed by atoms with Gasteiger partial charge in [-0.3, -0.25) is 9.36 Å². The summed E-state index contributed by atoms with van der Waals surface area (Å²) in [6.45, 7) is 13.8. The molecule has 0 spiro atoms. The molecule has 1 aromatic heterocycles.